The van der Waals surface area contributed by atoms with Crippen molar-refractivity contribution in [3.8, 4) is 5.88 Å². The van der Waals surface area contributed by atoms with Crippen LogP contribution in [0.15, 0.2) is 24.5 Å². The first kappa shape index (κ1) is 13.6. The van der Waals surface area contributed by atoms with Gasteiger partial charge in [0.05, 0.1) is 24.7 Å². The van der Waals surface area contributed by atoms with E-state index in [0.717, 1.165) is 37.2 Å². The van der Waals surface area contributed by atoms with Crippen LogP contribution in [0.25, 0.3) is 0 Å². The van der Waals surface area contributed by atoms with Gasteiger partial charge in [0.25, 0.3) is 0 Å². The van der Waals surface area contributed by atoms with Crippen molar-refractivity contribution in [1.29, 1.82) is 0 Å². The SMILES string of the molecule is C=C(C)CCOc1cnc(CNCCC)cn1. The lowest BCUT2D eigenvalue weighted by Crippen LogP contribution is -2.15. The van der Waals surface area contributed by atoms with Crippen molar-refractivity contribution in [2.24, 2.45) is 0 Å². The molecule has 0 aliphatic rings. The second kappa shape index (κ2) is 7.79. The summed E-state index contributed by atoms with van der Waals surface area (Å²) in [5.41, 5.74) is 2.05. The Morgan fingerprint density at radius 2 is 2.24 bits per heavy atom. The summed E-state index contributed by atoms with van der Waals surface area (Å²) in [5, 5.41) is 3.27. The molecular formula is C13H21N3O. The Kier molecular flexibility index (Phi) is 6.25. The molecule has 0 saturated carbocycles. The zero-order valence-electron chi connectivity index (χ0n) is 10.7. The van der Waals surface area contributed by atoms with Crippen LogP contribution in [0.2, 0.25) is 0 Å². The molecule has 0 spiro atoms. The molecule has 0 radical (unpaired) electrons. The third-order valence-corrected chi connectivity index (χ3v) is 2.19. The maximum Gasteiger partial charge on any atom is 0.232 e. The summed E-state index contributed by atoms with van der Waals surface area (Å²) in [7, 11) is 0. The molecule has 1 N–H and O–H groups in total. The first-order valence-corrected chi connectivity index (χ1v) is 6.01. The first-order chi connectivity index (χ1) is 8.22. The molecule has 0 aromatic carbocycles. The highest BCUT2D eigenvalue weighted by atomic mass is 16.5. The zero-order chi connectivity index (χ0) is 12.5. The number of rotatable bonds is 8. The molecule has 17 heavy (non-hydrogen) atoms. The molecule has 1 aromatic heterocycles. The molecule has 0 saturated heterocycles. The Morgan fingerprint density at radius 1 is 1.41 bits per heavy atom. The minimum Gasteiger partial charge on any atom is -0.476 e. The van der Waals surface area contributed by atoms with Crippen molar-refractivity contribution < 1.29 is 4.74 Å². The Hall–Kier alpha value is -1.42. The van der Waals surface area contributed by atoms with E-state index in [4.69, 9.17) is 4.74 Å². The van der Waals surface area contributed by atoms with Crippen LogP contribution in [-0.4, -0.2) is 23.1 Å². The van der Waals surface area contributed by atoms with Gasteiger partial charge >= 0.3 is 0 Å². The average molecular weight is 235 g/mol. The fourth-order valence-corrected chi connectivity index (χ4v) is 1.23. The van der Waals surface area contributed by atoms with Crippen molar-refractivity contribution in [2.45, 2.75) is 33.2 Å². The summed E-state index contributed by atoms with van der Waals surface area (Å²) in [6.07, 6.45) is 5.39. The Bertz CT molecular complexity index is 335. The van der Waals surface area contributed by atoms with Gasteiger partial charge in [0.2, 0.25) is 5.88 Å². The van der Waals surface area contributed by atoms with Gasteiger partial charge in [-0.05, 0) is 19.9 Å². The van der Waals surface area contributed by atoms with E-state index < -0.39 is 0 Å². The summed E-state index contributed by atoms with van der Waals surface area (Å²) < 4.78 is 5.44. The topological polar surface area (TPSA) is 47.0 Å². The van der Waals surface area contributed by atoms with E-state index in [2.05, 4.69) is 28.8 Å². The van der Waals surface area contributed by atoms with Gasteiger partial charge in [-0.15, -0.1) is 6.58 Å². The Morgan fingerprint density at radius 3 is 2.82 bits per heavy atom. The molecule has 94 valence electrons. The highest BCUT2D eigenvalue weighted by molar-refractivity contribution is 5.07. The van der Waals surface area contributed by atoms with Crippen LogP contribution in [0.1, 0.15) is 32.4 Å². The van der Waals surface area contributed by atoms with Gasteiger partial charge in [-0.2, -0.15) is 0 Å². The van der Waals surface area contributed by atoms with E-state index in [1.807, 2.05) is 6.92 Å². The number of ether oxygens (including phenoxy) is 1. The second-order valence-corrected chi connectivity index (χ2v) is 4.08. The van der Waals surface area contributed by atoms with E-state index in [-0.39, 0.29) is 0 Å². The van der Waals surface area contributed by atoms with Crippen LogP contribution in [0.5, 0.6) is 5.88 Å². The summed E-state index contributed by atoms with van der Waals surface area (Å²) in [4.78, 5) is 8.48. The third kappa shape index (κ3) is 6.02. The van der Waals surface area contributed by atoms with E-state index in [0.29, 0.717) is 12.5 Å². The van der Waals surface area contributed by atoms with Gasteiger partial charge in [0, 0.05) is 13.0 Å². The molecule has 4 heteroatoms. The fraction of sp³-hybridized carbons (Fsp3) is 0.538. The molecule has 0 amide bonds. The lowest BCUT2D eigenvalue weighted by molar-refractivity contribution is 0.307. The molecule has 0 fully saturated rings. The predicted molar refractivity (Wildman–Crippen MR) is 69.0 cm³/mol. The number of nitrogens with one attached hydrogen (secondary N) is 1. The summed E-state index contributed by atoms with van der Waals surface area (Å²) in [6.45, 7) is 10.3. The Labute approximate surface area is 103 Å². The largest absolute Gasteiger partial charge is 0.476 e. The maximum atomic E-state index is 5.44. The minimum absolute atomic E-state index is 0.575. The van der Waals surface area contributed by atoms with Crippen molar-refractivity contribution in [2.75, 3.05) is 13.2 Å². The molecule has 0 bridgehead atoms. The lowest BCUT2D eigenvalue weighted by Gasteiger charge is -2.06. The molecule has 1 aromatic rings. The van der Waals surface area contributed by atoms with E-state index in [1.54, 1.807) is 12.4 Å². The summed E-state index contributed by atoms with van der Waals surface area (Å²) in [5.74, 6) is 0.575. The zero-order valence-corrected chi connectivity index (χ0v) is 10.7. The van der Waals surface area contributed by atoms with E-state index >= 15 is 0 Å². The lowest BCUT2D eigenvalue weighted by atomic mass is 10.3. The van der Waals surface area contributed by atoms with Crippen LogP contribution in [0.3, 0.4) is 0 Å². The van der Waals surface area contributed by atoms with E-state index in [9.17, 15) is 0 Å². The predicted octanol–water partition coefficient (Wildman–Crippen LogP) is 2.32. The normalized spacial score (nSPS) is 10.2. The van der Waals surface area contributed by atoms with Crippen LogP contribution < -0.4 is 10.1 Å². The average Bonchev–Trinajstić information content (AvgIpc) is 2.31. The van der Waals surface area contributed by atoms with Crippen LogP contribution >= 0.6 is 0 Å². The fourth-order valence-electron chi connectivity index (χ4n) is 1.23. The highest BCUT2D eigenvalue weighted by Crippen LogP contribution is 2.05. The Balaban J connectivity index is 2.31. The molecule has 0 aliphatic carbocycles. The molecular weight excluding hydrogens is 214 g/mol. The molecule has 4 nitrogen and oxygen atoms in total. The van der Waals surface area contributed by atoms with Gasteiger partial charge in [0.15, 0.2) is 0 Å². The molecule has 0 aliphatic heterocycles. The molecule has 1 heterocycles. The summed E-state index contributed by atoms with van der Waals surface area (Å²) in [6, 6.07) is 0. The quantitative estimate of drug-likeness (QED) is 0.555. The summed E-state index contributed by atoms with van der Waals surface area (Å²) >= 11 is 0. The van der Waals surface area contributed by atoms with Gasteiger partial charge in [0.1, 0.15) is 0 Å². The van der Waals surface area contributed by atoms with Gasteiger partial charge in [-0.25, -0.2) is 4.98 Å². The number of hydrogen-bond donors (Lipinski definition) is 1. The van der Waals surface area contributed by atoms with Crippen molar-refractivity contribution in [3.05, 3.63) is 30.2 Å². The van der Waals surface area contributed by atoms with E-state index in [1.165, 1.54) is 0 Å². The molecule has 1 rings (SSSR count). The molecule has 0 atom stereocenters. The molecule has 0 unspecified atom stereocenters. The second-order valence-electron chi connectivity index (χ2n) is 4.08. The van der Waals surface area contributed by atoms with Gasteiger partial charge < -0.3 is 10.1 Å². The maximum absolute atomic E-state index is 5.44. The van der Waals surface area contributed by atoms with Crippen LogP contribution in [-0.2, 0) is 6.54 Å². The highest BCUT2D eigenvalue weighted by Gasteiger charge is 1.98. The van der Waals surface area contributed by atoms with Crippen LogP contribution in [0, 0.1) is 0 Å². The number of hydrogen-bond acceptors (Lipinski definition) is 4. The van der Waals surface area contributed by atoms with Crippen molar-refractivity contribution >= 4 is 0 Å². The minimum atomic E-state index is 0.575. The number of aromatic nitrogens is 2. The van der Waals surface area contributed by atoms with Crippen LogP contribution in [0.4, 0.5) is 0 Å². The first-order valence-electron chi connectivity index (χ1n) is 6.01. The monoisotopic (exact) mass is 235 g/mol. The third-order valence-electron chi connectivity index (χ3n) is 2.19. The number of nitrogens with zero attached hydrogens (tertiary/aromatic N) is 2. The smallest absolute Gasteiger partial charge is 0.232 e. The van der Waals surface area contributed by atoms with Crippen molar-refractivity contribution in [3.63, 3.8) is 0 Å². The van der Waals surface area contributed by atoms with Gasteiger partial charge in [-0.1, -0.05) is 12.5 Å². The van der Waals surface area contributed by atoms with Crippen molar-refractivity contribution in [1.82, 2.24) is 15.3 Å². The van der Waals surface area contributed by atoms with Gasteiger partial charge in [-0.3, -0.25) is 4.98 Å². The standard InChI is InChI=1S/C13H21N3O/c1-4-6-14-8-12-9-16-13(10-15-12)17-7-5-11(2)3/h9-10,14H,2,4-8H2,1,3H3.